The number of hydrogen-bond acceptors (Lipinski definition) is 2. The number of nitrogens with one attached hydrogen (secondary N) is 1. The Morgan fingerprint density at radius 3 is 2.31 bits per heavy atom. The zero-order chi connectivity index (χ0) is 9.90. The van der Waals surface area contributed by atoms with Crippen LogP contribution >= 0.6 is 0 Å². The van der Waals surface area contributed by atoms with Gasteiger partial charge in [-0.05, 0) is 19.4 Å². The second-order valence-corrected chi connectivity index (χ2v) is 3.58. The summed E-state index contributed by atoms with van der Waals surface area (Å²) in [6.45, 7) is 3.49. The highest BCUT2D eigenvalue weighted by Gasteiger charge is 2.23. The summed E-state index contributed by atoms with van der Waals surface area (Å²) >= 11 is 0. The SMILES string of the molecule is CC(C)(C=O)C(=N)c1ccccc1. The van der Waals surface area contributed by atoms with Gasteiger partial charge in [-0.2, -0.15) is 0 Å². The summed E-state index contributed by atoms with van der Waals surface area (Å²) < 4.78 is 0. The largest absolute Gasteiger partial charge is 0.304 e. The number of benzene rings is 1. The van der Waals surface area contributed by atoms with Crippen LogP contribution in [0.4, 0.5) is 0 Å². The number of carbonyl (C=O) groups excluding carboxylic acids is 1. The lowest BCUT2D eigenvalue weighted by atomic mass is 9.85. The maximum absolute atomic E-state index is 10.7. The van der Waals surface area contributed by atoms with Gasteiger partial charge >= 0.3 is 0 Å². The van der Waals surface area contributed by atoms with E-state index >= 15 is 0 Å². The van der Waals surface area contributed by atoms with Gasteiger partial charge in [0.1, 0.15) is 6.29 Å². The van der Waals surface area contributed by atoms with Gasteiger partial charge in [-0.1, -0.05) is 30.3 Å². The molecule has 0 aliphatic heterocycles. The van der Waals surface area contributed by atoms with Crippen LogP contribution in [-0.2, 0) is 4.79 Å². The molecule has 0 aliphatic carbocycles. The molecule has 2 nitrogen and oxygen atoms in total. The van der Waals surface area contributed by atoms with Crippen LogP contribution in [0.5, 0.6) is 0 Å². The third-order valence-electron chi connectivity index (χ3n) is 2.00. The minimum absolute atomic E-state index is 0.364. The maximum Gasteiger partial charge on any atom is 0.131 e. The van der Waals surface area contributed by atoms with E-state index in [1.807, 2.05) is 30.3 Å². The average molecular weight is 175 g/mol. The van der Waals surface area contributed by atoms with Crippen LogP contribution in [-0.4, -0.2) is 12.0 Å². The highest BCUT2D eigenvalue weighted by atomic mass is 16.1. The van der Waals surface area contributed by atoms with Gasteiger partial charge in [0, 0.05) is 0 Å². The van der Waals surface area contributed by atoms with Crippen LogP contribution in [0.1, 0.15) is 19.4 Å². The van der Waals surface area contributed by atoms with Crippen molar-refractivity contribution in [2.45, 2.75) is 13.8 Å². The molecule has 1 aromatic rings. The molecular weight excluding hydrogens is 162 g/mol. The topological polar surface area (TPSA) is 40.9 Å². The third kappa shape index (κ3) is 2.02. The van der Waals surface area contributed by atoms with E-state index < -0.39 is 5.41 Å². The molecule has 0 radical (unpaired) electrons. The van der Waals surface area contributed by atoms with Gasteiger partial charge in [0.05, 0.1) is 11.1 Å². The Morgan fingerprint density at radius 1 is 1.31 bits per heavy atom. The fourth-order valence-electron chi connectivity index (χ4n) is 1.04. The number of aldehydes is 1. The molecule has 0 unspecified atom stereocenters. The molecule has 0 heterocycles. The molecule has 0 aliphatic rings. The fraction of sp³-hybridized carbons (Fsp3) is 0.273. The molecule has 68 valence electrons. The first-order valence-electron chi connectivity index (χ1n) is 4.19. The van der Waals surface area contributed by atoms with Crippen molar-refractivity contribution < 1.29 is 4.79 Å². The first kappa shape index (κ1) is 9.65. The van der Waals surface area contributed by atoms with E-state index in [1.54, 1.807) is 13.8 Å². The maximum atomic E-state index is 10.7. The molecule has 0 aromatic heterocycles. The normalized spacial score (nSPS) is 10.9. The van der Waals surface area contributed by atoms with Crippen molar-refractivity contribution >= 4 is 12.0 Å². The predicted molar refractivity (Wildman–Crippen MR) is 53.1 cm³/mol. The van der Waals surface area contributed by atoms with E-state index in [4.69, 9.17) is 5.41 Å². The summed E-state index contributed by atoms with van der Waals surface area (Å²) in [5.74, 6) is 0. The summed E-state index contributed by atoms with van der Waals surface area (Å²) in [6, 6.07) is 9.31. The second-order valence-electron chi connectivity index (χ2n) is 3.58. The molecule has 0 fully saturated rings. The predicted octanol–water partition coefficient (Wildman–Crippen LogP) is 2.28. The highest BCUT2D eigenvalue weighted by Crippen LogP contribution is 2.18. The average Bonchev–Trinajstić information content (AvgIpc) is 2.18. The lowest BCUT2D eigenvalue weighted by Crippen LogP contribution is -2.25. The minimum atomic E-state index is -0.693. The van der Waals surface area contributed by atoms with E-state index in [1.165, 1.54) is 0 Å². The molecule has 0 amide bonds. The summed E-state index contributed by atoms with van der Waals surface area (Å²) in [6.07, 6.45) is 0.808. The van der Waals surface area contributed by atoms with Crippen molar-refractivity contribution in [1.29, 1.82) is 5.41 Å². The summed E-state index contributed by atoms with van der Waals surface area (Å²) in [4.78, 5) is 10.7. The van der Waals surface area contributed by atoms with Crippen molar-refractivity contribution in [3.63, 3.8) is 0 Å². The number of rotatable bonds is 3. The van der Waals surface area contributed by atoms with Gasteiger partial charge in [-0.15, -0.1) is 0 Å². The molecule has 13 heavy (non-hydrogen) atoms. The summed E-state index contributed by atoms with van der Waals surface area (Å²) in [5.41, 5.74) is 0.476. The van der Waals surface area contributed by atoms with Crippen molar-refractivity contribution in [3.8, 4) is 0 Å². The van der Waals surface area contributed by atoms with Gasteiger partial charge in [-0.3, -0.25) is 0 Å². The first-order valence-corrected chi connectivity index (χ1v) is 4.19. The minimum Gasteiger partial charge on any atom is -0.304 e. The van der Waals surface area contributed by atoms with Gasteiger partial charge in [-0.25, -0.2) is 0 Å². The van der Waals surface area contributed by atoms with Crippen molar-refractivity contribution in [1.82, 2.24) is 0 Å². The smallest absolute Gasteiger partial charge is 0.131 e. The van der Waals surface area contributed by atoms with Crippen LogP contribution in [0, 0.1) is 10.8 Å². The quantitative estimate of drug-likeness (QED) is 0.555. The van der Waals surface area contributed by atoms with Crippen molar-refractivity contribution in [3.05, 3.63) is 35.9 Å². The zero-order valence-corrected chi connectivity index (χ0v) is 7.87. The molecule has 0 bridgehead atoms. The lowest BCUT2D eigenvalue weighted by Gasteiger charge is -2.18. The van der Waals surface area contributed by atoms with Crippen LogP contribution in [0.15, 0.2) is 30.3 Å². The summed E-state index contributed by atoms with van der Waals surface area (Å²) in [7, 11) is 0. The van der Waals surface area contributed by atoms with E-state index in [2.05, 4.69) is 0 Å². The molecule has 0 saturated heterocycles. The molecule has 1 N–H and O–H groups in total. The molecule has 1 aromatic carbocycles. The van der Waals surface area contributed by atoms with Gasteiger partial charge in [0.25, 0.3) is 0 Å². The Balaban J connectivity index is 2.99. The Morgan fingerprint density at radius 2 is 1.85 bits per heavy atom. The molecule has 0 atom stereocenters. The van der Waals surface area contributed by atoms with Crippen molar-refractivity contribution in [2.75, 3.05) is 0 Å². The highest BCUT2D eigenvalue weighted by molar-refractivity contribution is 6.09. The molecule has 1 rings (SSSR count). The Hall–Kier alpha value is -1.44. The summed E-state index contributed by atoms with van der Waals surface area (Å²) in [5, 5.41) is 7.80. The van der Waals surface area contributed by atoms with Crippen LogP contribution in [0.3, 0.4) is 0 Å². The fourth-order valence-corrected chi connectivity index (χ4v) is 1.04. The van der Waals surface area contributed by atoms with Gasteiger partial charge in [0.2, 0.25) is 0 Å². The van der Waals surface area contributed by atoms with Crippen LogP contribution in [0.25, 0.3) is 0 Å². The van der Waals surface area contributed by atoms with E-state index in [0.29, 0.717) is 5.71 Å². The van der Waals surface area contributed by atoms with E-state index in [-0.39, 0.29) is 0 Å². The second kappa shape index (κ2) is 3.52. The van der Waals surface area contributed by atoms with Crippen LogP contribution in [0.2, 0.25) is 0 Å². The molecule has 2 heteroatoms. The Bertz CT molecular complexity index is 314. The first-order chi connectivity index (χ1) is 6.08. The lowest BCUT2D eigenvalue weighted by molar-refractivity contribution is -0.112. The monoisotopic (exact) mass is 175 g/mol. The Kier molecular flexibility index (Phi) is 2.61. The molecule has 0 spiro atoms. The standard InChI is InChI=1S/C11H13NO/c1-11(2,8-13)10(12)9-6-4-3-5-7-9/h3-8,12H,1-2H3. The van der Waals surface area contributed by atoms with Gasteiger partial charge < -0.3 is 10.2 Å². The van der Waals surface area contributed by atoms with Crippen molar-refractivity contribution in [2.24, 2.45) is 5.41 Å². The van der Waals surface area contributed by atoms with Crippen LogP contribution < -0.4 is 0 Å². The van der Waals surface area contributed by atoms with E-state index in [0.717, 1.165) is 11.8 Å². The number of carbonyl (C=O) groups is 1. The third-order valence-corrected chi connectivity index (χ3v) is 2.00. The van der Waals surface area contributed by atoms with Gasteiger partial charge in [0.15, 0.2) is 0 Å². The molecule has 0 saturated carbocycles. The molecular formula is C11H13NO. The van der Waals surface area contributed by atoms with E-state index in [9.17, 15) is 4.79 Å². The Labute approximate surface area is 78.1 Å². The zero-order valence-electron chi connectivity index (χ0n) is 7.87. The number of hydrogen-bond donors (Lipinski definition) is 1.